The average molecular weight is 587 g/mol. The van der Waals surface area contributed by atoms with E-state index >= 15 is 0 Å². The van der Waals surface area contributed by atoms with Gasteiger partial charge in [0.15, 0.2) is 0 Å². The van der Waals surface area contributed by atoms with Crippen LogP contribution in [0.5, 0.6) is 5.75 Å². The third kappa shape index (κ3) is 6.66. The summed E-state index contributed by atoms with van der Waals surface area (Å²) in [6.45, 7) is 6.18. The van der Waals surface area contributed by atoms with E-state index in [1.807, 2.05) is 34.5 Å². The molecule has 2 aliphatic rings. The van der Waals surface area contributed by atoms with Crippen LogP contribution < -0.4 is 10.1 Å². The molecule has 216 valence electrons. The van der Waals surface area contributed by atoms with Crippen LogP contribution in [0.15, 0.2) is 53.4 Å². The molecule has 0 atom stereocenters. The quantitative estimate of drug-likeness (QED) is 0.326. The fourth-order valence-electron chi connectivity index (χ4n) is 5.43. The van der Waals surface area contributed by atoms with Crippen LogP contribution in [-0.4, -0.2) is 92.7 Å². The number of methoxy groups -OCH3 is 1. The molecule has 0 unspecified atom stereocenters. The van der Waals surface area contributed by atoms with Crippen LogP contribution in [0.25, 0.3) is 10.9 Å². The Morgan fingerprint density at radius 1 is 1.05 bits per heavy atom. The number of ether oxygens (including phenoxy) is 2. The number of carbonyl (C=O) groups is 1. The number of carbonyl (C=O) groups excluding carboxylic acids is 1. The molecular weight excluding hydrogens is 548 g/mol. The molecule has 0 saturated carbocycles. The second-order valence-corrected chi connectivity index (χ2v) is 13.2. The summed E-state index contributed by atoms with van der Waals surface area (Å²) in [6.07, 6.45) is 1.73. The highest BCUT2D eigenvalue weighted by atomic mass is 32.2. The van der Waals surface area contributed by atoms with Crippen LogP contribution in [0.4, 0.5) is 0 Å². The monoisotopic (exact) mass is 586 g/mol. The summed E-state index contributed by atoms with van der Waals surface area (Å²) in [7, 11) is -2.14. The molecule has 5 rings (SSSR count). The lowest BCUT2D eigenvalue weighted by atomic mass is 10.0. The standard InChI is InChI=1S/C29H38N4O5S2/c1-37-23-7-9-24(10-8-23)40(35,36)32-14-11-26-25-5-2-3-6-27(25)33(28(26)21-32)22-29(34)30-12-20-39-19-4-13-31-15-17-38-18-16-31/h2-3,5-10H,4,11-22H2,1H3,(H,30,34). The fraction of sp³-hybridized carbons (Fsp3) is 0.483. The number of rotatable bonds is 12. The minimum absolute atomic E-state index is 0.0624. The maximum atomic E-state index is 13.5. The zero-order valence-corrected chi connectivity index (χ0v) is 24.6. The molecule has 0 bridgehead atoms. The SMILES string of the molecule is COc1ccc(S(=O)(=O)N2CCc3c(n(CC(=O)NCCSCCCN4CCOCC4)c4ccccc34)C2)cc1. The fourth-order valence-corrected chi connectivity index (χ4v) is 7.62. The molecule has 3 heterocycles. The highest BCUT2D eigenvalue weighted by molar-refractivity contribution is 7.99. The van der Waals surface area contributed by atoms with Gasteiger partial charge in [0.05, 0.1) is 31.8 Å². The summed E-state index contributed by atoms with van der Waals surface area (Å²) < 4.78 is 41.0. The summed E-state index contributed by atoms with van der Waals surface area (Å²) in [5.74, 6) is 2.49. The second-order valence-electron chi connectivity index (χ2n) is 10.1. The number of sulfonamides is 1. The number of morpholine rings is 1. The van der Waals surface area contributed by atoms with Crippen molar-refractivity contribution in [2.75, 3.05) is 64.6 Å². The van der Waals surface area contributed by atoms with Gasteiger partial charge in [-0.3, -0.25) is 9.69 Å². The first-order valence-electron chi connectivity index (χ1n) is 13.8. The van der Waals surface area contributed by atoms with E-state index in [0.717, 1.165) is 72.9 Å². The number of benzene rings is 2. The van der Waals surface area contributed by atoms with Crippen molar-refractivity contribution < 1.29 is 22.7 Å². The first-order chi connectivity index (χ1) is 19.5. The summed E-state index contributed by atoms with van der Waals surface area (Å²) >= 11 is 1.86. The van der Waals surface area contributed by atoms with Crippen molar-refractivity contribution in [1.29, 1.82) is 0 Å². The number of nitrogens with zero attached hydrogens (tertiary/aromatic N) is 3. The molecule has 9 nitrogen and oxygen atoms in total. The van der Waals surface area contributed by atoms with E-state index in [-0.39, 0.29) is 23.9 Å². The van der Waals surface area contributed by atoms with Gasteiger partial charge in [0.25, 0.3) is 0 Å². The molecule has 1 fully saturated rings. The second kappa shape index (κ2) is 13.4. The summed E-state index contributed by atoms with van der Waals surface area (Å²) in [6, 6.07) is 14.5. The van der Waals surface area contributed by atoms with Crippen molar-refractivity contribution in [2.45, 2.75) is 30.8 Å². The van der Waals surface area contributed by atoms with Crippen LogP contribution in [0.2, 0.25) is 0 Å². The third-order valence-corrected chi connectivity index (χ3v) is 10.5. The number of fused-ring (bicyclic) bond motifs is 3. The molecule has 1 aromatic heterocycles. The predicted octanol–water partition coefficient (Wildman–Crippen LogP) is 2.97. The Morgan fingerprint density at radius 3 is 2.60 bits per heavy atom. The van der Waals surface area contributed by atoms with E-state index in [2.05, 4.69) is 16.3 Å². The third-order valence-electron chi connectivity index (χ3n) is 7.57. The van der Waals surface area contributed by atoms with E-state index in [0.29, 0.717) is 25.3 Å². The Morgan fingerprint density at radius 2 is 1.82 bits per heavy atom. The van der Waals surface area contributed by atoms with Gasteiger partial charge in [0, 0.05) is 48.5 Å². The van der Waals surface area contributed by atoms with Crippen molar-refractivity contribution in [2.24, 2.45) is 0 Å². The first-order valence-corrected chi connectivity index (χ1v) is 16.4. The Kier molecular flexibility index (Phi) is 9.69. The topological polar surface area (TPSA) is 93.1 Å². The van der Waals surface area contributed by atoms with Gasteiger partial charge in [-0.05, 0) is 61.0 Å². The van der Waals surface area contributed by atoms with Gasteiger partial charge in [0.2, 0.25) is 15.9 Å². The van der Waals surface area contributed by atoms with Crippen molar-refractivity contribution in [3.05, 3.63) is 59.8 Å². The number of hydrogen-bond acceptors (Lipinski definition) is 7. The smallest absolute Gasteiger partial charge is 0.243 e. The molecular formula is C29H38N4O5S2. The van der Waals surface area contributed by atoms with E-state index < -0.39 is 10.0 Å². The van der Waals surface area contributed by atoms with Crippen molar-refractivity contribution in [3.8, 4) is 5.75 Å². The van der Waals surface area contributed by atoms with E-state index in [9.17, 15) is 13.2 Å². The molecule has 11 heteroatoms. The molecule has 1 amide bonds. The molecule has 0 radical (unpaired) electrons. The van der Waals surface area contributed by atoms with E-state index in [1.165, 1.54) is 4.31 Å². The average Bonchev–Trinajstić information content (AvgIpc) is 3.30. The van der Waals surface area contributed by atoms with Gasteiger partial charge in [0.1, 0.15) is 12.3 Å². The predicted molar refractivity (Wildman–Crippen MR) is 158 cm³/mol. The number of para-hydroxylation sites is 1. The minimum Gasteiger partial charge on any atom is -0.497 e. The van der Waals surface area contributed by atoms with Crippen LogP contribution in [0.3, 0.4) is 0 Å². The highest BCUT2D eigenvalue weighted by Crippen LogP contribution is 2.33. The molecule has 40 heavy (non-hydrogen) atoms. The maximum absolute atomic E-state index is 13.5. The Bertz CT molecular complexity index is 1400. The van der Waals surface area contributed by atoms with Gasteiger partial charge < -0.3 is 19.4 Å². The lowest BCUT2D eigenvalue weighted by molar-refractivity contribution is -0.121. The summed E-state index contributed by atoms with van der Waals surface area (Å²) in [4.78, 5) is 15.7. The molecule has 3 aromatic rings. The lowest BCUT2D eigenvalue weighted by Crippen LogP contribution is -2.37. The summed E-state index contributed by atoms with van der Waals surface area (Å²) in [5, 5.41) is 4.15. The maximum Gasteiger partial charge on any atom is 0.243 e. The Labute approximate surface area is 240 Å². The number of amides is 1. The molecule has 0 aliphatic carbocycles. The normalized spacial score (nSPS) is 16.6. The summed E-state index contributed by atoms with van der Waals surface area (Å²) in [5.41, 5.74) is 2.97. The van der Waals surface area contributed by atoms with Crippen LogP contribution in [0.1, 0.15) is 17.7 Å². The van der Waals surface area contributed by atoms with Crippen LogP contribution in [-0.2, 0) is 39.1 Å². The number of hydrogen-bond donors (Lipinski definition) is 1. The number of thioether (sulfide) groups is 1. The molecule has 2 aliphatic heterocycles. The van der Waals surface area contributed by atoms with Gasteiger partial charge in [-0.2, -0.15) is 16.1 Å². The van der Waals surface area contributed by atoms with Crippen molar-refractivity contribution in [3.63, 3.8) is 0 Å². The minimum atomic E-state index is -3.69. The molecule has 2 aromatic carbocycles. The van der Waals surface area contributed by atoms with Gasteiger partial charge in [-0.25, -0.2) is 8.42 Å². The molecule has 1 N–H and O–H groups in total. The lowest BCUT2D eigenvalue weighted by Gasteiger charge is -2.28. The zero-order valence-electron chi connectivity index (χ0n) is 23.0. The highest BCUT2D eigenvalue weighted by Gasteiger charge is 2.32. The zero-order chi connectivity index (χ0) is 28.0. The van der Waals surface area contributed by atoms with Crippen LogP contribution in [0, 0.1) is 0 Å². The van der Waals surface area contributed by atoms with Crippen LogP contribution >= 0.6 is 11.8 Å². The Hall–Kier alpha value is -2.57. The van der Waals surface area contributed by atoms with E-state index in [1.54, 1.807) is 31.4 Å². The molecule has 0 spiro atoms. The Balaban J connectivity index is 1.20. The van der Waals surface area contributed by atoms with Gasteiger partial charge >= 0.3 is 0 Å². The molecule has 1 saturated heterocycles. The number of nitrogens with one attached hydrogen (secondary N) is 1. The first kappa shape index (κ1) is 28.9. The largest absolute Gasteiger partial charge is 0.497 e. The van der Waals surface area contributed by atoms with Crippen molar-refractivity contribution in [1.82, 2.24) is 19.1 Å². The van der Waals surface area contributed by atoms with E-state index in [4.69, 9.17) is 9.47 Å². The van der Waals surface area contributed by atoms with Crippen molar-refractivity contribution >= 4 is 38.6 Å². The number of aromatic nitrogens is 1. The van der Waals surface area contributed by atoms with Gasteiger partial charge in [-0.1, -0.05) is 18.2 Å². The van der Waals surface area contributed by atoms with Gasteiger partial charge in [-0.15, -0.1) is 0 Å².